The fourth-order valence-corrected chi connectivity index (χ4v) is 3.74. The second-order valence-corrected chi connectivity index (χ2v) is 6.83. The maximum atomic E-state index is 11.9. The molecule has 3 aromatic rings. The number of halogens is 1. The lowest BCUT2D eigenvalue weighted by Gasteiger charge is -2.04. The molecule has 0 saturated heterocycles. The van der Waals surface area contributed by atoms with Crippen molar-refractivity contribution in [1.29, 1.82) is 0 Å². The van der Waals surface area contributed by atoms with Crippen molar-refractivity contribution in [1.82, 2.24) is 4.98 Å². The van der Waals surface area contributed by atoms with Crippen molar-refractivity contribution < 1.29 is 9.53 Å². The van der Waals surface area contributed by atoms with Gasteiger partial charge < -0.3 is 4.74 Å². The maximum Gasteiger partial charge on any atom is 0.312 e. The minimum Gasteiger partial charge on any atom is -0.461 e. The average molecular weight is 350 g/mol. The highest BCUT2D eigenvalue weighted by molar-refractivity contribution is 7.20. The summed E-state index contributed by atoms with van der Waals surface area (Å²) in [6, 6.07) is 11.3. The highest BCUT2D eigenvalue weighted by Gasteiger charge is 2.11. The minimum absolute atomic E-state index is 0.183. The van der Waals surface area contributed by atoms with Crippen LogP contribution in [0.4, 0.5) is 0 Å². The first-order chi connectivity index (χ1) is 10.7. The zero-order valence-electron chi connectivity index (χ0n) is 11.5. The fourth-order valence-electron chi connectivity index (χ4n) is 1.89. The highest BCUT2D eigenvalue weighted by atomic mass is 35.5. The van der Waals surface area contributed by atoms with Gasteiger partial charge in [-0.1, -0.05) is 29.8 Å². The Labute approximate surface area is 141 Å². The van der Waals surface area contributed by atoms with E-state index >= 15 is 0 Å². The molecule has 0 atom stereocenters. The molecule has 3 nitrogen and oxygen atoms in total. The minimum atomic E-state index is -0.289. The van der Waals surface area contributed by atoms with Gasteiger partial charge in [-0.3, -0.25) is 4.79 Å². The highest BCUT2D eigenvalue weighted by Crippen LogP contribution is 2.27. The Morgan fingerprint density at radius 1 is 1.23 bits per heavy atom. The summed E-state index contributed by atoms with van der Waals surface area (Å²) >= 11 is 9.07. The first kappa shape index (κ1) is 15.2. The molecule has 0 amide bonds. The Morgan fingerprint density at radius 2 is 2.14 bits per heavy atom. The van der Waals surface area contributed by atoms with Crippen LogP contribution in [-0.4, -0.2) is 11.0 Å². The molecule has 0 fully saturated rings. The van der Waals surface area contributed by atoms with Gasteiger partial charge in [-0.05, 0) is 29.1 Å². The summed E-state index contributed by atoms with van der Waals surface area (Å²) < 4.78 is 5.26. The van der Waals surface area contributed by atoms with Crippen LogP contribution in [0.25, 0.3) is 9.88 Å². The van der Waals surface area contributed by atoms with E-state index < -0.39 is 0 Å². The number of ether oxygens (including phenoxy) is 1. The fraction of sp³-hybridized carbons (Fsp3) is 0.125. The molecule has 112 valence electrons. The molecule has 2 heterocycles. The molecule has 0 saturated carbocycles. The first-order valence-electron chi connectivity index (χ1n) is 6.59. The van der Waals surface area contributed by atoms with Gasteiger partial charge in [-0.15, -0.1) is 22.7 Å². The lowest BCUT2D eigenvalue weighted by atomic mass is 10.2. The lowest BCUT2D eigenvalue weighted by Crippen LogP contribution is -2.08. The molecule has 6 heteroatoms. The Hall–Kier alpha value is -1.69. The summed E-state index contributed by atoms with van der Waals surface area (Å²) in [5.74, 6) is -0.289. The van der Waals surface area contributed by atoms with Gasteiger partial charge in [0.1, 0.15) is 11.6 Å². The first-order valence-corrected chi connectivity index (χ1v) is 8.73. The number of rotatable bonds is 5. The molecule has 2 aromatic heterocycles. The predicted octanol–water partition coefficient (Wildman–Crippen LogP) is 4.81. The third-order valence-corrected chi connectivity index (χ3v) is 5.06. The van der Waals surface area contributed by atoms with Gasteiger partial charge in [0.05, 0.1) is 17.0 Å². The van der Waals surface area contributed by atoms with Crippen LogP contribution < -0.4 is 0 Å². The topological polar surface area (TPSA) is 39.2 Å². The maximum absolute atomic E-state index is 11.9. The number of benzene rings is 1. The van der Waals surface area contributed by atoms with Crippen molar-refractivity contribution >= 4 is 40.2 Å². The molecular formula is C16H12ClNO2S2. The van der Waals surface area contributed by atoms with Crippen LogP contribution in [0, 0.1) is 0 Å². The van der Waals surface area contributed by atoms with E-state index in [0.29, 0.717) is 5.02 Å². The van der Waals surface area contributed by atoms with Crippen molar-refractivity contribution in [2.45, 2.75) is 13.0 Å². The number of carbonyl (C=O) groups is 1. The summed E-state index contributed by atoms with van der Waals surface area (Å²) in [4.78, 5) is 17.5. The number of hydrogen-bond donors (Lipinski definition) is 0. The van der Waals surface area contributed by atoms with Crippen LogP contribution >= 0.6 is 34.3 Å². The van der Waals surface area contributed by atoms with Crippen LogP contribution in [-0.2, 0) is 22.6 Å². The molecule has 22 heavy (non-hydrogen) atoms. The molecule has 0 N–H and O–H groups in total. The van der Waals surface area contributed by atoms with Crippen molar-refractivity contribution in [3.63, 3.8) is 0 Å². The summed E-state index contributed by atoms with van der Waals surface area (Å²) in [6.45, 7) is 0.224. The van der Waals surface area contributed by atoms with Crippen LogP contribution in [0.5, 0.6) is 0 Å². The molecule has 0 spiro atoms. The van der Waals surface area contributed by atoms with Gasteiger partial charge in [0, 0.05) is 10.4 Å². The quantitative estimate of drug-likeness (QED) is 0.620. The van der Waals surface area contributed by atoms with Gasteiger partial charge in [0.2, 0.25) is 0 Å². The summed E-state index contributed by atoms with van der Waals surface area (Å²) in [5.41, 5.74) is 1.61. The molecule has 0 aliphatic rings. The Morgan fingerprint density at radius 3 is 2.91 bits per heavy atom. The van der Waals surface area contributed by atoms with Gasteiger partial charge in [-0.2, -0.15) is 0 Å². The number of esters is 1. The third-order valence-electron chi connectivity index (χ3n) is 2.90. The van der Waals surface area contributed by atoms with E-state index in [9.17, 15) is 4.79 Å². The van der Waals surface area contributed by atoms with Crippen molar-refractivity contribution in [3.05, 3.63) is 63.4 Å². The molecule has 0 radical (unpaired) electrons. The molecule has 0 bridgehead atoms. The number of thiazole rings is 1. The van der Waals surface area contributed by atoms with E-state index in [-0.39, 0.29) is 19.0 Å². The van der Waals surface area contributed by atoms with Gasteiger partial charge in [0.25, 0.3) is 0 Å². The molecule has 1 aromatic carbocycles. The summed E-state index contributed by atoms with van der Waals surface area (Å²) in [5, 5.41) is 5.48. The normalized spacial score (nSPS) is 10.6. The smallest absolute Gasteiger partial charge is 0.312 e. The van der Waals surface area contributed by atoms with Crippen LogP contribution in [0.3, 0.4) is 0 Å². The predicted molar refractivity (Wildman–Crippen MR) is 90.4 cm³/mol. The van der Waals surface area contributed by atoms with E-state index in [1.54, 1.807) is 23.5 Å². The van der Waals surface area contributed by atoms with Crippen LogP contribution in [0.1, 0.15) is 11.3 Å². The van der Waals surface area contributed by atoms with Gasteiger partial charge >= 0.3 is 5.97 Å². The van der Waals surface area contributed by atoms with Crippen LogP contribution in [0.2, 0.25) is 5.02 Å². The number of aromatic nitrogens is 1. The van der Waals surface area contributed by atoms with E-state index in [0.717, 1.165) is 21.1 Å². The van der Waals surface area contributed by atoms with Crippen LogP contribution in [0.15, 0.2) is 47.2 Å². The second kappa shape index (κ2) is 7.05. The summed E-state index contributed by atoms with van der Waals surface area (Å²) in [7, 11) is 0. The second-order valence-electron chi connectivity index (χ2n) is 4.59. The van der Waals surface area contributed by atoms with E-state index in [1.165, 1.54) is 11.3 Å². The molecule has 3 rings (SSSR count). The van der Waals surface area contributed by atoms with Crippen molar-refractivity contribution in [3.8, 4) is 9.88 Å². The Kier molecular flexibility index (Phi) is 4.87. The number of nitrogens with zero attached hydrogens (tertiary/aromatic N) is 1. The molecular weight excluding hydrogens is 338 g/mol. The molecule has 0 aliphatic carbocycles. The number of thiophene rings is 1. The zero-order chi connectivity index (χ0) is 15.4. The van der Waals surface area contributed by atoms with E-state index in [1.807, 2.05) is 35.0 Å². The summed E-state index contributed by atoms with van der Waals surface area (Å²) in [6.07, 6.45) is 0.183. The van der Waals surface area contributed by atoms with Gasteiger partial charge in [-0.25, -0.2) is 4.98 Å². The third kappa shape index (κ3) is 3.94. The number of carbonyl (C=O) groups excluding carboxylic acids is 1. The zero-order valence-corrected chi connectivity index (χ0v) is 13.9. The van der Waals surface area contributed by atoms with E-state index in [2.05, 4.69) is 4.98 Å². The standard InChI is InChI=1S/C16H12ClNO2S2/c17-12-4-1-3-11(7-12)9-20-15(19)8-13-10-22-16(18-13)14-5-2-6-21-14/h1-7,10H,8-9H2. The largest absolute Gasteiger partial charge is 0.461 e. The lowest BCUT2D eigenvalue weighted by molar-refractivity contribution is -0.144. The average Bonchev–Trinajstić information content (AvgIpc) is 3.16. The molecule has 0 unspecified atom stereocenters. The Bertz CT molecular complexity index is 768. The van der Waals surface area contributed by atoms with Crippen molar-refractivity contribution in [2.75, 3.05) is 0 Å². The van der Waals surface area contributed by atoms with Gasteiger partial charge in [0.15, 0.2) is 0 Å². The van der Waals surface area contributed by atoms with E-state index in [4.69, 9.17) is 16.3 Å². The molecule has 0 aliphatic heterocycles. The monoisotopic (exact) mass is 349 g/mol. The van der Waals surface area contributed by atoms with Crippen molar-refractivity contribution in [2.24, 2.45) is 0 Å². The Balaban J connectivity index is 1.56. The number of hydrogen-bond acceptors (Lipinski definition) is 5. The SMILES string of the molecule is O=C(Cc1csc(-c2cccs2)n1)OCc1cccc(Cl)c1.